The molecular formula is C35H59NO9. The molecule has 0 saturated carbocycles. The number of cyclic esters (lactones) is 1. The summed E-state index contributed by atoms with van der Waals surface area (Å²) in [6, 6.07) is 0. The molecule has 0 radical (unpaired) electrons. The van der Waals surface area contributed by atoms with E-state index in [1.165, 1.54) is 0 Å². The molecule has 0 aromatic rings. The smallest absolute Gasteiger partial charge is 0.309 e. The van der Waals surface area contributed by atoms with Gasteiger partial charge >= 0.3 is 5.97 Å². The average Bonchev–Trinajstić information content (AvgIpc) is 3.00. The van der Waals surface area contributed by atoms with E-state index in [-0.39, 0.29) is 56.1 Å². The number of aliphatic hydroxyl groups excluding tert-OH is 3. The zero-order valence-corrected chi connectivity index (χ0v) is 28.2. The highest BCUT2D eigenvalue weighted by atomic mass is 16.5. The fourth-order valence-electron chi connectivity index (χ4n) is 5.46. The molecule has 45 heavy (non-hydrogen) atoms. The highest BCUT2D eigenvalue weighted by Gasteiger charge is 2.28. The van der Waals surface area contributed by atoms with E-state index >= 15 is 0 Å². The molecule has 1 amide bonds. The maximum Gasteiger partial charge on any atom is 0.309 e. The minimum absolute atomic E-state index is 0.00293. The summed E-state index contributed by atoms with van der Waals surface area (Å²) in [5, 5.41) is 34.1. The molecule has 1 unspecified atom stereocenters. The number of carbonyl (C=O) groups excluding carboxylic acids is 4. The van der Waals surface area contributed by atoms with Crippen molar-refractivity contribution < 1.29 is 44.0 Å². The van der Waals surface area contributed by atoms with Gasteiger partial charge in [0.25, 0.3) is 5.91 Å². The molecule has 1 heterocycles. The summed E-state index contributed by atoms with van der Waals surface area (Å²) < 4.78 is 10.8. The van der Waals surface area contributed by atoms with Crippen molar-refractivity contribution in [3.05, 3.63) is 23.8 Å². The lowest BCUT2D eigenvalue weighted by Crippen LogP contribution is -2.43. The van der Waals surface area contributed by atoms with Crippen molar-refractivity contribution in [2.24, 2.45) is 17.8 Å². The second-order valence-electron chi connectivity index (χ2n) is 12.6. The fourth-order valence-corrected chi connectivity index (χ4v) is 5.46. The van der Waals surface area contributed by atoms with Crippen LogP contribution >= 0.6 is 0 Å². The lowest BCUT2D eigenvalue weighted by Gasteiger charge is -2.23. The molecule has 1 aliphatic heterocycles. The van der Waals surface area contributed by atoms with Gasteiger partial charge in [-0.25, -0.2) is 0 Å². The first-order chi connectivity index (χ1) is 21.4. The molecule has 0 aromatic heterocycles. The highest BCUT2D eigenvalue weighted by Crippen LogP contribution is 2.20. The van der Waals surface area contributed by atoms with Crippen LogP contribution in [0.3, 0.4) is 0 Å². The second kappa shape index (κ2) is 23.0. The molecule has 0 bridgehead atoms. The van der Waals surface area contributed by atoms with E-state index in [4.69, 9.17) is 9.47 Å². The Bertz CT molecular complexity index is 963. The van der Waals surface area contributed by atoms with Gasteiger partial charge in [0.15, 0.2) is 6.10 Å². The van der Waals surface area contributed by atoms with Crippen LogP contribution in [0.2, 0.25) is 0 Å². The number of hydrogen-bond acceptors (Lipinski definition) is 9. The Morgan fingerprint density at radius 1 is 0.911 bits per heavy atom. The Morgan fingerprint density at radius 3 is 2.29 bits per heavy atom. The molecular weight excluding hydrogens is 578 g/mol. The molecule has 0 aliphatic carbocycles. The largest absolute Gasteiger partial charge is 0.452 e. The Kier molecular flexibility index (Phi) is 20.8. The van der Waals surface area contributed by atoms with E-state index in [1.54, 1.807) is 21.0 Å². The van der Waals surface area contributed by atoms with E-state index in [2.05, 4.69) is 18.3 Å². The summed E-state index contributed by atoms with van der Waals surface area (Å²) in [5.74, 6) is -1.67. The Balaban J connectivity index is 3.02. The second-order valence-corrected chi connectivity index (χ2v) is 12.6. The number of rotatable bonds is 5. The van der Waals surface area contributed by atoms with Crippen molar-refractivity contribution in [3.8, 4) is 0 Å². The van der Waals surface area contributed by atoms with Crippen molar-refractivity contribution >= 4 is 23.4 Å². The maximum absolute atomic E-state index is 12.8. The first kappa shape index (κ1) is 40.6. The predicted octanol–water partition coefficient (Wildman–Crippen LogP) is 4.38. The van der Waals surface area contributed by atoms with Crippen LogP contribution in [0.25, 0.3) is 0 Å². The minimum Gasteiger partial charge on any atom is -0.452 e. The number of β-amino-alcohol motifs (C(OH)–C–C–N with tert-alkyl or cyclic N) is 1. The van der Waals surface area contributed by atoms with Crippen LogP contribution < -0.4 is 5.32 Å². The van der Waals surface area contributed by atoms with Crippen LogP contribution in [0.5, 0.6) is 0 Å². The van der Waals surface area contributed by atoms with E-state index in [1.807, 2.05) is 19.1 Å². The topological polar surface area (TPSA) is 159 Å². The Morgan fingerprint density at radius 2 is 1.62 bits per heavy atom. The lowest BCUT2D eigenvalue weighted by atomic mass is 9.91. The summed E-state index contributed by atoms with van der Waals surface area (Å²) in [4.78, 5) is 50.8. The number of methoxy groups -OCH3 is 1. The molecule has 0 spiro atoms. The third kappa shape index (κ3) is 17.2. The number of hydrogen-bond donors (Lipinski definition) is 4. The maximum atomic E-state index is 12.8. The number of allylic oxidation sites excluding steroid dienone is 3. The van der Waals surface area contributed by atoms with Crippen LogP contribution in [-0.2, 0) is 28.7 Å². The molecule has 7 atom stereocenters. The van der Waals surface area contributed by atoms with Crippen molar-refractivity contribution in [2.45, 2.75) is 136 Å². The number of carbonyl (C=O) groups is 4. The van der Waals surface area contributed by atoms with Gasteiger partial charge in [0.1, 0.15) is 11.6 Å². The molecule has 1 aliphatic rings. The van der Waals surface area contributed by atoms with E-state index in [9.17, 15) is 34.5 Å². The normalized spacial score (nSPS) is 32.4. The Labute approximate surface area is 270 Å². The van der Waals surface area contributed by atoms with Gasteiger partial charge in [-0.3, -0.25) is 19.2 Å². The highest BCUT2D eigenvalue weighted by molar-refractivity contribution is 5.85. The number of ketones is 2. The number of esters is 1. The van der Waals surface area contributed by atoms with Gasteiger partial charge in [-0.1, -0.05) is 52.3 Å². The van der Waals surface area contributed by atoms with E-state index in [0.717, 1.165) is 24.8 Å². The number of nitrogens with one attached hydrogen (secondary N) is 1. The summed E-state index contributed by atoms with van der Waals surface area (Å²) >= 11 is 0. The van der Waals surface area contributed by atoms with E-state index in [0.29, 0.717) is 44.6 Å². The quantitative estimate of drug-likeness (QED) is 0.321. The van der Waals surface area contributed by atoms with Crippen LogP contribution in [0.15, 0.2) is 23.8 Å². The third-order valence-electron chi connectivity index (χ3n) is 8.47. The number of Topliss-reactive ketones (excluding diaryl/α,β-unsaturated/α-hetero) is 2. The van der Waals surface area contributed by atoms with Crippen molar-refractivity contribution in [1.29, 1.82) is 0 Å². The Hall–Kier alpha value is -2.40. The van der Waals surface area contributed by atoms with Gasteiger partial charge < -0.3 is 30.1 Å². The van der Waals surface area contributed by atoms with Gasteiger partial charge in [-0.15, -0.1) is 0 Å². The zero-order chi connectivity index (χ0) is 33.8. The molecule has 10 nitrogen and oxygen atoms in total. The monoisotopic (exact) mass is 637 g/mol. The van der Waals surface area contributed by atoms with Crippen molar-refractivity contribution in [3.63, 3.8) is 0 Å². The molecule has 4 N–H and O–H groups in total. The molecule has 1 rings (SSSR count). The van der Waals surface area contributed by atoms with Crippen LogP contribution in [-0.4, -0.2) is 83.4 Å². The molecule has 258 valence electrons. The van der Waals surface area contributed by atoms with Crippen molar-refractivity contribution in [2.75, 3.05) is 20.3 Å². The first-order valence-electron chi connectivity index (χ1n) is 16.8. The molecule has 10 heteroatoms. The van der Waals surface area contributed by atoms with Crippen LogP contribution in [0, 0.1) is 17.8 Å². The molecule has 0 saturated heterocycles. The summed E-state index contributed by atoms with van der Waals surface area (Å²) in [5.41, 5.74) is 0.945. The van der Waals surface area contributed by atoms with Crippen LogP contribution in [0.1, 0.15) is 111 Å². The lowest BCUT2D eigenvalue weighted by molar-refractivity contribution is -0.160. The fraction of sp³-hybridized carbons (Fsp3) is 0.771. The number of ether oxygens (including phenoxy) is 2. The van der Waals surface area contributed by atoms with Gasteiger partial charge in [-0.05, 0) is 62.9 Å². The first-order valence-corrected chi connectivity index (χ1v) is 16.8. The summed E-state index contributed by atoms with van der Waals surface area (Å²) in [7, 11) is 1.59. The average molecular weight is 638 g/mol. The van der Waals surface area contributed by atoms with Crippen LogP contribution in [0.4, 0.5) is 0 Å². The van der Waals surface area contributed by atoms with Gasteiger partial charge in [0.05, 0.1) is 30.8 Å². The zero-order valence-electron chi connectivity index (χ0n) is 28.2. The van der Waals surface area contributed by atoms with Gasteiger partial charge in [0.2, 0.25) is 0 Å². The number of aliphatic hydroxyl groups is 3. The van der Waals surface area contributed by atoms with Gasteiger partial charge in [0, 0.05) is 45.3 Å². The SMILES string of the molecule is CCC[C@@H]1OC(=O)[C@@H](C)C[C@H](C)C(=O)CCCC(=O)CCCC(CC)/C=C/C=C(\COC)CC[C@@H](O)[C@@H](O)C[C@H](O)CNC1=O. The number of amides is 1. The minimum atomic E-state index is -1.20. The standard InChI is InChI=1S/C35H59NO9/c1-6-11-33-34(42)36-22-29(38)21-32(41)31(40)19-18-27(23-44-5)14-8-12-26(7-2)13-9-15-28(37)16-10-17-30(39)24(3)20-25(4)35(43)45-33/h8,12,14,24-26,29,31-33,38,40-41H,6-7,9-11,13,15-23H2,1-5H3,(H,36,42)/b12-8+,27-14-/t24-,25-,26?,29-,31+,32-,33-/m0/s1. The summed E-state index contributed by atoms with van der Waals surface area (Å²) in [6.07, 6.45) is 7.51. The third-order valence-corrected chi connectivity index (χ3v) is 8.47. The molecule has 0 fully saturated rings. The van der Waals surface area contributed by atoms with E-state index < -0.39 is 42.2 Å². The van der Waals surface area contributed by atoms with Gasteiger partial charge in [-0.2, -0.15) is 0 Å². The molecule has 0 aromatic carbocycles. The van der Waals surface area contributed by atoms with Crippen molar-refractivity contribution in [1.82, 2.24) is 5.32 Å². The predicted molar refractivity (Wildman–Crippen MR) is 173 cm³/mol. The summed E-state index contributed by atoms with van der Waals surface area (Å²) in [6.45, 7) is 7.58.